The smallest absolute Gasteiger partial charge is 0.409 e. The van der Waals surface area contributed by atoms with Gasteiger partial charge in [-0.25, -0.2) is 13.6 Å². The minimum atomic E-state index is -0.970. The first-order valence-electron chi connectivity index (χ1n) is 17.4. The number of aliphatic hydroxyl groups is 1. The second kappa shape index (κ2) is 13.1. The average Bonchev–Trinajstić information content (AvgIpc) is 3.65. The minimum Gasteiger partial charge on any atom is -0.508 e. The van der Waals surface area contributed by atoms with Crippen molar-refractivity contribution in [3.05, 3.63) is 47.7 Å². The maximum atomic E-state index is 16.9. The van der Waals surface area contributed by atoms with Crippen LogP contribution in [0.5, 0.6) is 11.8 Å². The van der Waals surface area contributed by atoms with E-state index in [1.807, 2.05) is 11.8 Å². The van der Waals surface area contributed by atoms with Crippen molar-refractivity contribution < 1.29 is 33.3 Å². The van der Waals surface area contributed by atoms with Crippen LogP contribution in [0, 0.1) is 11.6 Å². The number of pyridine rings is 1. The Hall–Kier alpha value is -4.36. The zero-order valence-electron chi connectivity index (χ0n) is 29.0. The van der Waals surface area contributed by atoms with Crippen molar-refractivity contribution >= 4 is 33.6 Å². The molecule has 0 radical (unpaired) electrons. The lowest BCUT2D eigenvalue weighted by Gasteiger charge is -2.38. The number of carbonyl (C=O) groups is 1. The van der Waals surface area contributed by atoms with E-state index in [2.05, 4.69) is 14.9 Å². The lowest BCUT2D eigenvalue weighted by molar-refractivity contribution is 0.0442. The molecule has 3 aliphatic rings. The molecule has 0 spiro atoms. The second-order valence-corrected chi connectivity index (χ2v) is 14.5. The molecule has 1 amide bonds. The summed E-state index contributed by atoms with van der Waals surface area (Å²) < 4.78 is 43.9. The van der Waals surface area contributed by atoms with Crippen molar-refractivity contribution in [1.29, 1.82) is 0 Å². The van der Waals surface area contributed by atoms with Crippen molar-refractivity contribution in [2.45, 2.75) is 76.0 Å². The number of carbonyl (C=O) groups excluding carboxylic acids is 1. The molecule has 3 saturated heterocycles. The van der Waals surface area contributed by atoms with Crippen LogP contribution in [0.4, 0.5) is 19.4 Å². The summed E-state index contributed by atoms with van der Waals surface area (Å²) in [4.78, 5) is 31.8. The third-order valence-electron chi connectivity index (χ3n) is 10.6. The van der Waals surface area contributed by atoms with Gasteiger partial charge in [-0.2, -0.15) is 9.97 Å². The highest BCUT2D eigenvalue weighted by Gasteiger charge is 2.50. The minimum absolute atomic E-state index is 0.00136. The molecule has 7 rings (SSSR count). The molecule has 0 saturated carbocycles. The number of hydrogen-bond acceptors (Lipinski definition) is 10. The molecular weight excluding hydrogens is 646 g/mol. The number of fused-ring (bicyclic) bond motifs is 3. The average molecular weight is 691 g/mol. The van der Waals surface area contributed by atoms with E-state index in [9.17, 15) is 15.0 Å². The van der Waals surface area contributed by atoms with E-state index < -0.39 is 17.2 Å². The topological polar surface area (TPSA) is 124 Å². The maximum absolute atomic E-state index is 16.9. The van der Waals surface area contributed by atoms with Crippen molar-refractivity contribution in [2.24, 2.45) is 0 Å². The molecule has 2 N–H and O–H groups in total. The SMILES string of the molecule is CCc1c(F)ccc2cc(O)cc(-c3ncc4c(N5CCC[C@@](C)(O)C5)nc(OC[C@@]56CCCN5[C@@H](COC(=O)N(C)C)CC6)nc4c3F)c12. The Balaban J connectivity index is 1.29. The van der Waals surface area contributed by atoms with Crippen LogP contribution < -0.4 is 9.64 Å². The molecule has 3 fully saturated rings. The van der Waals surface area contributed by atoms with E-state index in [0.29, 0.717) is 60.0 Å². The van der Waals surface area contributed by atoms with Crippen LogP contribution in [0.25, 0.3) is 32.9 Å². The van der Waals surface area contributed by atoms with Gasteiger partial charge in [0.1, 0.15) is 41.8 Å². The molecule has 13 heteroatoms. The summed E-state index contributed by atoms with van der Waals surface area (Å²) in [6.07, 6.45) is 6.36. The number of ether oxygens (including phenoxy) is 2. The molecule has 0 aliphatic carbocycles. The van der Waals surface area contributed by atoms with Gasteiger partial charge in [-0.05, 0) is 92.9 Å². The highest BCUT2D eigenvalue weighted by molar-refractivity contribution is 6.01. The van der Waals surface area contributed by atoms with E-state index in [-0.39, 0.29) is 59.4 Å². The number of halogens is 2. The number of aromatic hydroxyl groups is 1. The van der Waals surface area contributed by atoms with Crippen LogP contribution in [0.1, 0.15) is 57.9 Å². The second-order valence-electron chi connectivity index (χ2n) is 14.5. The van der Waals surface area contributed by atoms with Crippen LogP contribution in [0.3, 0.4) is 0 Å². The van der Waals surface area contributed by atoms with Crippen LogP contribution >= 0.6 is 0 Å². The zero-order chi connectivity index (χ0) is 35.4. The Kier molecular flexibility index (Phi) is 8.92. The first-order valence-corrected chi connectivity index (χ1v) is 17.4. The quantitative estimate of drug-likeness (QED) is 0.234. The molecule has 3 aliphatic heterocycles. The Morgan fingerprint density at radius 3 is 2.68 bits per heavy atom. The highest BCUT2D eigenvalue weighted by Crippen LogP contribution is 2.44. The van der Waals surface area contributed by atoms with E-state index in [1.54, 1.807) is 27.1 Å². The van der Waals surface area contributed by atoms with Crippen LogP contribution in [0.2, 0.25) is 0 Å². The fraction of sp³-hybridized carbons (Fsp3) is 0.514. The van der Waals surface area contributed by atoms with Gasteiger partial charge in [-0.15, -0.1) is 0 Å². The predicted molar refractivity (Wildman–Crippen MR) is 186 cm³/mol. The molecule has 3 atom stereocenters. The van der Waals surface area contributed by atoms with Gasteiger partial charge >= 0.3 is 12.1 Å². The lowest BCUT2D eigenvalue weighted by atomic mass is 9.94. The predicted octanol–water partition coefficient (Wildman–Crippen LogP) is 5.82. The van der Waals surface area contributed by atoms with Gasteiger partial charge < -0.3 is 29.5 Å². The molecule has 2 aromatic carbocycles. The number of phenols is 1. The van der Waals surface area contributed by atoms with Gasteiger partial charge in [-0.3, -0.25) is 9.88 Å². The van der Waals surface area contributed by atoms with Gasteiger partial charge in [0.05, 0.1) is 16.5 Å². The van der Waals surface area contributed by atoms with Crippen LogP contribution in [-0.2, 0) is 11.2 Å². The molecule has 0 unspecified atom stereocenters. The van der Waals surface area contributed by atoms with Crippen LogP contribution in [-0.4, -0.2) is 105 Å². The number of phenolic OH excluding ortho intramolecular Hbond substituents is 1. The molecule has 0 bridgehead atoms. The highest BCUT2D eigenvalue weighted by atomic mass is 19.1. The Morgan fingerprint density at radius 1 is 1.12 bits per heavy atom. The van der Waals surface area contributed by atoms with Gasteiger partial charge in [0.15, 0.2) is 5.82 Å². The summed E-state index contributed by atoms with van der Waals surface area (Å²) in [6, 6.07) is 5.90. The molecular formula is C37H44F2N6O5. The number of β-amino-alcohol motifs (C(OH)–C–C–N with tert-alkyl or cyclic N) is 1. The monoisotopic (exact) mass is 690 g/mol. The molecule has 266 valence electrons. The fourth-order valence-corrected chi connectivity index (χ4v) is 8.23. The Morgan fingerprint density at radius 2 is 1.92 bits per heavy atom. The summed E-state index contributed by atoms with van der Waals surface area (Å²) in [6.45, 7) is 5.87. The third-order valence-corrected chi connectivity index (χ3v) is 10.6. The van der Waals surface area contributed by atoms with E-state index >= 15 is 8.78 Å². The van der Waals surface area contributed by atoms with E-state index in [4.69, 9.17) is 14.5 Å². The largest absolute Gasteiger partial charge is 0.508 e. The van der Waals surface area contributed by atoms with Gasteiger partial charge in [0, 0.05) is 45.0 Å². The molecule has 2 aromatic heterocycles. The maximum Gasteiger partial charge on any atom is 0.409 e. The van der Waals surface area contributed by atoms with Crippen LogP contribution in [0.15, 0.2) is 30.5 Å². The number of piperidine rings is 1. The Labute approximate surface area is 289 Å². The summed E-state index contributed by atoms with van der Waals surface area (Å²) in [7, 11) is 3.31. The van der Waals surface area contributed by atoms with Gasteiger partial charge in [-0.1, -0.05) is 13.0 Å². The molecule has 5 heterocycles. The molecule has 50 heavy (non-hydrogen) atoms. The van der Waals surface area contributed by atoms with E-state index in [0.717, 1.165) is 32.2 Å². The number of benzene rings is 2. The third kappa shape index (κ3) is 6.14. The lowest BCUT2D eigenvalue weighted by Crippen LogP contribution is -2.48. The molecule has 4 aromatic rings. The molecule has 11 nitrogen and oxygen atoms in total. The first-order chi connectivity index (χ1) is 23.9. The number of rotatable bonds is 8. The van der Waals surface area contributed by atoms with Crippen molar-refractivity contribution in [3.63, 3.8) is 0 Å². The number of hydrogen-bond donors (Lipinski definition) is 2. The number of aromatic nitrogens is 3. The summed E-state index contributed by atoms with van der Waals surface area (Å²) in [5, 5.41) is 23.0. The summed E-state index contributed by atoms with van der Waals surface area (Å²) in [5.41, 5.74) is -0.716. The normalized spacial score (nSPS) is 23.8. The first kappa shape index (κ1) is 34.1. The number of anilines is 1. The number of amides is 1. The van der Waals surface area contributed by atoms with Gasteiger partial charge in [0.2, 0.25) is 0 Å². The number of nitrogens with zero attached hydrogens (tertiary/aromatic N) is 6. The summed E-state index contributed by atoms with van der Waals surface area (Å²) in [5.74, 6) is -0.861. The number of aryl methyl sites for hydroxylation is 1. The van der Waals surface area contributed by atoms with Crippen molar-refractivity contribution in [2.75, 3.05) is 51.8 Å². The van der Waals surface area contributed by atoms with Crippen molar-refractivity contribution in [3.8, 4) is 23.0 Å². The standard InChI is InChI=1S/C37H44F2N6O5/c1-5-25-28(38)9-8-22-16-24(46)17-26(29(22)25)31-30(39)32-27(18-40-31)33(44-14-6-11-36(2,48)20-44)42-34(41-32)50-21-37-12-7-15-45(37)23(10-13-37)19-49-35(47)43(3)4/h8-9,16-18,23,46,48H,5-7,10-15,19-21H2,1-4H3/t23-,36-,37+/m1/s1. The zero-order valence-corrected chi connectivity index (χ0v) is 29.0. The summed E-state index contributed by atoms with van der Waals surface area (Å²) >= 11 is 0. The Bertz CT molecular complexity index is 1960. The fourth-order valence-electron chi connectivity index (χ4n) is 8.23. The van der Waals surface area contributed by atoms with Gasteiger partial charge in [0.25, 0.3) is 0 Å². The van der Waals surface area contributed by atoms with Crippen molar-refractivity contribution in [1.82, 2.24) is 24.8 Å². The van der Waals surface area contributed by atoms with E-state index in [1.165, 1.54) is 29.3 Å².